The third-order valence-electron chi connectivity index (χ3n) is 6.11. The van der Waals surface area contributed by atoms with Gasteiger partial charge >= 0.3 is 0 Å². The SMILES string of the molecule is COc1ccc(CSCC(=O)N(Cc2ccc(Cl)c(Cl)c2)[C@H](C)C(=O)NC2CCCCC2)cc1. The summed E-state index contributed by atoms with van der Waals surface area (Å²) in [6, 6.07) is 12.7. The molecule has 8 heteroatoms. The molecule has 0 aliphatic heterocycles. The average molecular weight is 524 g/mol. The molecule has 0 spiro atoms. The lowest BCUT2D eigenvalue weighted by Gasteiger charge is -2.31. The Morgan fingerprint density at radius 3 is 2.38 bits per heavy atom. The molecule has 2 amide bonds. The zero-order valence-corrected chi connectivity index (χ0v) is 22.0. The van der Waals surface area contributed by atoms with Gasteiger partial charge < -0.3 is 15.0 Å². The molecule has 1 N–H and O–H groups in total. The zero-order valence-electron chi connectivity index (χ0n) is 19.7. The number of benzene rings is 2. The van der Waals surface area contributed by atoms with Gasteiger partial charge in [-0.1, -0.05) is 60.7 Å². The van der Waals surface area contributed by atoms with Crippen molar-refractivity contribution < 1.29 is 14.3 Å². The molecule has 0 saturated heterocycles. The van der Waals surface area contributed by atoms with Crippen LogP contribution in [-0.4, -0.2) is 41.7 Å². The van der Waals surface area contributed by atoms with Crippen LogP contribution >= 0.6 is 35.0 Å². The number of ether oxygens (including phenoxy) is 1. The number of nitrogens with zero attached hydrogens (tertiary/aromatic N) is 1. The molecule has 34 heavy (non-hydrogen) atoms. The summed E-state index contributed by atoms with van der Waals surface area (Å²) in [4.78, 5) is 28.0. The smallest absolute Gasteiger partial charge is 0.242 e. The summed E-state index contributed by atoms with van der Waals surface area (Å²) in [6.45, 7) is 2.08. The van der Waals surface area contributed by atoms with E-state index in [9.17, 15) is 9.59 Å². The van der Waals surface area contributed by atoms with Crippen LogP contribution in [0, 0.1) is 0 Å². The number of halogens is 2. The van der Waals surface area contributed by atoms with Crippen molar-refractivity contribution in [1.29, 1.82) is 0 Å². The van der Waals surface area contributed by atoms with Crippen molar-refractivity contribution in [3.05, 3.63) is 63.6 Å². The van der Waals surface area contributed by atoms with E-state index in [0.29, 0.717) is 15.8 Å². The van der Waals surface area contributed by atoms with Crippen LogP contribution in [0.25, 0.3) is 0 Å². The lowest BCUT2D eigenvalue weighted by molar-refractivity contribution is -0.139. The van der Waals surface area contributed by atoms with Crippen molar-refractivity contribution in [2.75, 3.05) is 12.9 Å². The first-order valence-electron chi connectivity index (χ1n) is 11.6. The van der Waals surface area contributed by atoms with Crippen LogP contribution < -0.4 is 10.1 Å². The van der Waals surface area contributed by atoms with E-state index in [1.807, 2.05) is 30.3 Å². The second-order valence-corrected chi connectivity index (χ2v) is 10.4. The summed E-state index contributed by atoms with van der Waals surface area (Å²) in [7, 11) is 1.64. The highest BCUT2D eigenvalue weighted by Crippen LogP contribution is 2.25. The van der Waals surface area contributed by atoms with E-state index in [0.717, 1.165) is 42.6 Å². The van der Waals surface area contributed by atoms with Gasteiger partial charge in [-0.2, -0.15) is 0 Å². The van der Waals surface area contributed by atoms with E-state index in [-0.39, 0.29) is 30.2 Å². The van der Waals surface area contributed by atoms with Crippen molar-refractivity contribution in [1.82, 2.24) is 10.2 Å². The lowest BCUT2D eigenvalue weighted by Crippen LogP contribution is -2.50. The predicted molar refractivity (Wildman–Crippen MR) is 141 cm³/mol. The first-order chi connectivity index (χ1) is 16.4. The highest BCUT2D eigenvalue weighted by atomic mass is 35.5. The number of thioether (sulfide) groups is 1. The molecule has 1 fully saturated rings. The fraction of sp³-hybridized carbons (Fsp3) is 0.462. The predicted octanol–water partition coefficient (Wildman–Crippen LogP) is 6.10. The van der Waals surface area contributed by atoms with Crippen LogP contribution in [0.15, 0.2) is 42.5 Å². The maximum atomic E-state index is 13.3. The molecule has 1 aliphatic carbocycles. The molecular weight excluding hydrogens is 491 g/mol. The Labute approximate surface area is 216 Å². The normalized spacial score (nSPS) is 14.9. The number of nitrogens with one attached hydrogen (secondary N) is 1. The number of hydrogen-bond acceptors (Lipinski definition) is 4. The lowest BCUT2D eigenvalue weighted by atomic mass is 9.95. The standard InChI is InChI=1S/C26H32Cl2N2O3S/c1-18(26(32)29-21-6-4-3-5-7-21)30(15-20-10-13-23(27)24(28)14-20)25(31)17-34-16-19-8-11-22(33-2)12-9-19/h8-14,18,21H,3-7,15-17H2,1-2H3,(H,29,32)/t18-/m1/s1. The Balaban J connectivity index is 1.66. The van der Waals surface area contributed by atoms with E-state index in [4.69, 9.17) is 27.9 Å². The second kappa shape index (κ2) is 13.3. The number of carbonyl (C=O) groups is 2. The van der Waals surface area contributed by atoms with Crippen LogP contribution in [0.2, 0.25) is 10.0 Å². The fourth-order valence-corrected chi connectivity index (χ4v) is 5.24. The Kier molecular flexibility index (Phi) is 10.4. The van der Waals surface area contributed by atoms with Gasteiger partial charge in [0.25, 0.3) is 0 Å². The number of hydrogen-bond donors (Lipinski definition) is 1. The summed E-state index contributed by atoms with van der Waals surface area (Å²) >= 11 is 13.8. The quantitative estimate of drug-likeness (QED) is 0.409. The third-order valence-corrected chi connectivity index (χ3v) is 7.84. The van der Waals surface area contributed by atoms with Crippen LogP contribution in [0.5, 0.6) is 5.75 Å². The molecule has 0 aromatic heterocycles. The second-order valence-electron chi connectivity index (χ2n) is 8.63. The number of carbonyl (C=O) groups excluding carboxylic acids is 2. The fourth-order valence-electron chi connectivity index (χ4n) is 4.05. The Morgan fingerprint density at radius 2 is 1.74 bits per heavy atom. The van der Waals surface area contributed by atoms with E-state index in [1.165, 1.54) is 18.2 Å². The van der Waals surface area contributed by atoms with Crippen molar-refractivity contribution in [3.63, 3.8) is 0 Å². The maximum Gasteiger partial charge on any atom is 0.242 e. The summed E-state index contributed by atoms with van der Waals surface area (Å²) in [5, 5.41) is 4.04. The molecular formula is C26H32Cl2N2O3S. The largest absolute Gasteiger partial charge is 0.497 e. The first-order valence-corrected chi connectivity index (χ1v) is 13.5. The minimum atomic E-state index is -0.592. The molecule has 0 bridgehead atoms. The average Bonchev–Trinajstić information content (AvgIpc) is 2.85. The molecule has 1 saturated carbocycles. The topological polar surface area (TPSA) is 58.6 Å². The van der Waals surface area contributed by atoms with Crippen LogP contribution in [-0.2, 0) is 21.9 Å². The number of methoxy groups -OCH3 is 1. The summed E-state index contributed by atoms with van der Waals surface area (Å²) in [5.41, 5.74) is 1.94. The number of amides is 2. The number of rotatable bonds is 10. The molecule has 1 atom stereocenters. The Bertz CT molecular complexity index is 965. The van der Waals surface area contributed by atoms with Gasteiger partial charge in [0.2, 0.25) is 11.8 Å². The third kappa shape index (κ3) is 7.82. The first kappa shape index (κ1) is 26.7. The Morgan fingerprint density at radius 1 is 1.06 bits per heavy atom. The molecule has 2 aromatic rings. The van der Waals surface area contributed by atoms with Gasteiger partial charge in [0, 0.05) is 18.3 Å². The van der Waals surface area contributed by atoms with E-state index >= 15 is 0 Å². The van der Waals surface area contributed by atoms with Gasteiger partial charge in [-0.25, -0.2) is 0 Å². The summed E-state index contributed by atoms with van der Waals surface area (Å²) < 4.78 is 5.20. The van der Waals surface area contributed by atoms with Crippen LogP contribution in [0.1, 0.15) is 50.2 Å². The summed E-state index contributed by atoms with van der Waals surface area (Å²) in [5.74, 6) is 1.57. The monoisotopic (exact) mass is 522 g/mol. The summed E-state index contributed by atoms with van der Waals surface area (Å²) in [6.07, 6.45) is 5.48. The molecule has 184 valence electrons. The molecule has 5 nitrogen and oxygen atoms in total. The molecule has 0 unspecified atom stereocenters. The Hall–Kier alpha value is -1.89. The highest BCUT2D eigenvalue weighted by Gasteiger charge is 2.28. The molecule has 1 aliphatic rings. The molecule has 0 heterocycles. The highest BCUT2D eigenvalue weighted by molar-refractivity contribution is 7.99. The van der Waals surface area contributed by atoms with Gasteiger partial charge in [-0.15, -0.1) is 11.8 Å². The van der Waals surface area contributed by atoms with E-state index in [1.54, 1.807) is 31.1 Å². The molecule has 3 rings (SSSR count). The van der Waals surface area contributed by atoms with Crippen molar-refractivity contribution >= 4 is 46.8 Å². The minimum absolute atomic E-state index is 0.0871. The van der Waals surface area contributed by atoms with Gasteiger partial charge in [0.15, 0.2) is 0 Å². The van der Waals surface area contributed by atoms with Gasteiger partial charge in [-0.05, 0) is 55.2 Å². The van der Waals surface area contributed by atoms with Gasteiger partial charge in [0.1, 0.15) is 11.8 Å². The van der Waals surface area contributed by atoms with Crippen LogP contribution in [0.3, 0.4) is 0 Å². The van der Waals surface area contributed by atoms with E-state index < -0.39 is 6.04 Å². The van der Waals surface area contributed by atoms with Crippen molar-refractivity contribution in [2.45, 2.75) is 63.4 Å². The molecule has 0 radical (unpaired) electrons. The zero-order chi connectivity index (χ0) is 24.5. The van der Waals surface area contributed by atoms with E-state index in [2.05, 4.69) is 5.32 Å². The van der Waals surface area contributed by atoms with Crippen molar-refractivity contribution in [2.24, 2.45) is 0 Å². The minimum Gasteiger partial charge on any atom is -0.497 e. The van der Waals surface area contributed by atoms with Crippen molar-refractivity contribution in [3.8, 4) is 5.75 Å². The maximum absolute atomic E-state index is 13.3. The van der Waals surface area contributed by atoms with Gasteiger partial charge in [0.05, 0.1) is 22.9 Å². The molecule has 2 aromatic carbocycles. The van der Waals surface area contributed by atoms with Gasteiger partial charge in [-0.3, -0.25) is 9.59 Å². The van der Waals surface area contributed by atoms with Crippen LogP contribution in [0.4, 0.5) is 0 Å².